The fraction of sp³-hybridized carbons (Fsp3) is 0.500. The number of benzene rings is 1. The van der Waals surface area contributed by atoms with Crippen molar-refractivity contribution in [2.45, 2.75) is 26.1 Å². The Labute approximate surface area is 122 Å². The van der Waals surface area contributed by atoms with Crippen molar-refractivity contribution in [1.82, 2.24) is 0 Å². The summed E-state index contributed by atoms with van der Waals surface area (Å²) in [6, 6.07) is 3.18. The van der Waals surface area contributed by atoms with Crippen LogP contribution in [0.5, 0.6) is 0 Å². The van der Waals surface area contributed by atoms with Crippen LogP contribution in [0.3, 0.4) is 0 Å². The average molecular weight is 313 g/mol. The minimum atomic E-state index is -0.629. The molecule has 3 nitrogen and oxygen atoms in total. The molecule has 1 aromatic rings. The molecule has 2 N–H and O–H groups in total. The van der Waals surface area contributed by atoms with Gasteiger partial charge in [0.1, 0.15) is 0 Å². The van der Waals surface area contributed by atoms with E-state index in [9.17, 15) is 5.11 Å². The van der Waals surface area contributed by atoms with E-state index in [1.165, 1.54) is 0 Å². The van der Waals surface area contributed by atoms with Crippen molar-refractivity contribution in [3.8, 4) is 0 Å². The first-order valence-electron chi connectivity index (χ1n) is 5.58. The highest BCUT2D eigenvalue weighted by atomic mass is 35.5. The predicted molar refractivity (Wildman–Crippen MR) is 77.1 cm³/mol. The van der Waals surface area contributed by atoms with Gasteiger partial charge in [0.15, 0.2) is 0 Å². The number of anilines is 1. The highest BCUT2D eigenvalue weighted by Gasteiger charge is 2.10. The van der Waals surface area contributed by atoms with Gasteiger partial charge in [-0.25, -0.2) is 0 Å². The topological polar surface area (TPSA) is 41.5 Å². The fourth-order valence-electron chi connectivity index (χ4n) is 1.29. The van der Waals surface area contributed by atoms with Gasteiger partial charge in [0.2, 0.25) is 0 Å². The first-order valence-corrected chi connectivity index (χ1v) is 6.71. The molecule has 1 unspecified atom stereocenters. The predicted octanol–water partition coefficient (Wildman–Crippen LogP) is 3.84. The molecule has 0 aromatic heterocycles. The van der Waals surface area contributed by atoms with E-state index in [4.69, 9.17) is 39.5 Å². The quantitative estimate of drug-likeness (QED) is 0.838. The molecule has 0 aliphatic heterocycles. The molecule has 0 spiro atoms. The van der Waals surface area contributed by atoms with Crippen LogP contribution in [0, 0.1) is 0 Å². The largest absolute Gasteiger partial charge is 0.389 e. The van der Waals surface area contributed by atoms with Crippen molar-refractivity contribution in [2.75, 3.05) is 18.5 Å². The summed E-state index contributed by atoms with van der Waals surface area (Å²) < 4.78 is 5.29. The van der Waals surface area contributed by atoms with Crippen LogP contribution in [0.4, 0.5) is 5.69 Å². The number of hydrogen-bond donors (Lipinski definition) is 2. The molecule has 1 atom stereocenters. The van der Waals surface area contributed by atoms with Gasteiger partial charge in [-0.15, -0.1) is 0 Å². The van der Waals surface area contributed by atoms with Crippen LogP contribution in [-0.2, 0) is 4.74 Å². The minimum absolute atomic E-state index is 0.0855. The van der Waals surface area contributed by atoms with Gasteiger partial charge in [-0.1, -0.05) is 34.8 Å². The van der Waals surface area contributed by atoms with Crippen molar-refractivity contribution in [2.24, 2.45) is 0 Å². The first kappa shape index (κ1) is 15.9. The highest BCUT2D eigenvalue weighted by Crippen LogP contribution is 2.33. The Morgan fingerprint density at radius 1 is 1.22 bits per heavy atom. The van der Waals surface area contributed by atoms with Crippen molar-refractivity contribution in [3.05, 3.63) is 27.2 Å². The third-order valence-electron chi connectivity index (χ3n) is 2.14. The van der Waals surface area contributed by atoms with Crippen LogP contribution in [0.1, 0.15) is 13.8 Å². The van der Waals surface area contributed by atoms with E-state index in [0.717, 1.165) is 0 Å². The number of aliphatic hydroxyl groups is 1. The molecule has 18 heavy (non-hydrogen) atoms. The maximum absolute atomic E-state index is 9.70. The number of nitrogens with one attached hydrogen (secondary N) is 1. The smallest absolute Gasteiger partial charge is 0.0945 e. The lowest BCUT2D eigenvalue weighted by Crippen LogP contribution is -2.26. The zero-order valence-electron chi connectivity index (χ0n) is 10.2. The first-order chi connectivity index (χ1) is 8.40. The summed E-state index contributed by atoms with van der Waals surface area (Å²) in [7, 11) is 0. The molecule has 0 bridgehead atoms. The molecule has 1 rings (SSSR count). The third kappa shape index (κ3) is 5.21. The lowest BCUT2D eigenvalue weighted by Gasteiger charge is -2.16. The Bertz CT molecular complexity index is 376. The molecule has 0 heterocycles. The Hall–Kier alpha value is -0.190. The average Bonchev–Trinajstić information content (AvgIpc) is 2.24. The number of ether oxygens (including phenoxy) is 1. The monoisotopic (exact) mass is 311 g/mol. The maximum Gasteiger partial charge on any atom is 0.0945 e. The molecule has 6 heteroatoms. The van der Waals surface area contributed by atoms with Gasteiger partial charge in [-0.2, -0.15) is 0 Å². The van der Waals surface area contributed by atoms with E-state index in [1.54, 1.807) is 12.1 Å². The standard InChI is InChI=1S/C12H16Cl3NO2/c1-7(2)18-6-9(17)5-16-12-10(14)3-8(13)4-11(12)15/h3-4,7,9,16-17H,5-6H2,1-2H3. The number of aliphatic hydroxyl groups excluding tert-OH is 1. The van der Waals surface area contributed by atoms with Crippen molar-refractivity contribution in [3.63, 3.8) is 0 Å². The van der Waals surface area contributed by atoms with Gasteiger partial charge in [-0.3, -0.25) is 0 Å². The Morgan fingerprint density at radius 3 is 2.28 bits per heavy atom. The van der Waals surface area contributed by atoms with Gasteiger partial charge in [-0.05, 0) is 26.0 Å². The molecule has 102 valence electrons. The van der Waals surface area contributed by atoms with Crippen LogP contribution >= 0.6 is 34.8 Å². The van der Waals surface area contributed by atoms with Crippen LogP contribution in [-0.4, -0.2) is 30.5 Å². The molecule has 1 aromatic carbocycles. The molecule has 0 radical (unpaired) electrons. The van der Waals surface area contributed by atoms with Crippen LogP contribution in [0.15, 0.2) is 12.1 Å². The van der Waals surface area contributed by atoms with E-state index in [0.29, 0.717) is 27.3 Å². The summed E-state index contributed by atoms with van der Waals surface area (Å²) in [6.07, 6.45) is -0.544. The van der Waals surface area contributed by atoms with Crippen LogP contribution < -0.4 is 5.32 Å². The van der Waals surface area contributed by atoms with E-state index in [-0.39, 0.29) is 12.7 Å². The normalized spacial score (nSPS) is 12.8. The zero-order chi connectivity index (χ0) is 13.7. The third-order valence-corrected chi connectivity index (χ3v) is 2.96. The molecule has 0 aliphatic rings. The summed E-state index contributed by atoms with van der Waals surface area (Å²) in [4.78, 5) is 0. The second-order valence-corrected chi connectivity index (χ2v) is 5.41. The van der Waals surface area contributed by atoms with Gasteiger partial charge < -0.3 is 15.2 Å². The summed E-state index contributed by atoms with van der Waals surface area (Å²) in [6.45, 7) is 4.38. The van der Waals surface area contributed by atoms with Crippen LogP contribution in [0.25, 0.3) is 0 Å². The molecular formula is C12H16Cl3NO2. The molecule has 0 saturated carbocycles. The molecule has 0 amide bonds. The Kier molecular flexibility index (Phi) is 6.53. The molecular weight excluding hydrogens is 296 g/mol. The van der Waals surface area contributed by atoms with Gasteiger partial charge in [0.25, 0.3) is 0 Å². The van der Waals surface area contributed by atoms with E-state index in [2.05, 4.69) is 5.32 Å². The fourth-order valence-corrected chi connectivity index (χ4v) is 2.24. The summed E-state index contributed by atoms with van der Waals surface area (Å²) in [5.41, 5.74) is 0.561. The molecule has 0 saturated heterocycles. The van der Waals surface area contributed by atoms with Gasteiger partial charge >= 0.3 is 0 Å². The maximum atomic E-state index is 9.70. The number of halogens is 3. The summed E-state index contributed by atoms with van der Waals surface area (Å²) in [5, 5.41) is 14.0. The van der Waals surface area contributed by atoms with Crippen molar-refractivity contribution in [1.29, 1.82) is 0 Å². The summed E-state index contributed by atoms with van der Waals surface area (Å²) >= 11 is 17.8. The molecule has 0 fully saturated rings. The van der Waals surface area contributed by atoms with Crippen molar-refractivity contribution < 1.29 is 9.84 Å². The second kappa shape index (κ2) is 7.41. The minimum Gasteiger partial charge on any atom is -0.389 e. The summed E-state index contributed by atoms with van der Waals surface area (Å²) in [5.74, 6) is 0. The van der Waals surface area contributed by atoms with E-state index in [1.807, 2.05) is 13.8 Å². The van der Waals surface area contributed by atoms with Gasteiger partial charge in [0.05, 0.1) is 34.5 Å². The second-order valence-electron chi connectivity index (χ2n) is 4.16. The van der Waals surface area contributed by atoms with Crippen molar-refractivity contribution >= 4 is 40.5 Å². The van der Waals surface area contributed by atoms with Crippen LogP contribution in [0.2, 0.25) is 15.1 Å². The van der Waals surface area contributed by atoms with Gasteiger partial charge in [0, 0.05) is 11.6 Å². The lowest BCUT2D eigenvalue weighted by atomic mass is 10.3. The number of hydrogen-bond acceptors (Lipinski definition) is 3. The molecule has 0 aliphatic carbocycles. The Morgan fingerprint density at radius 2 is 1.78 bits per heavy atom. The van der Waals surface area contributed by atoms with E-state index < -0.39 is 6.10 Å². The van der Waals surface area contributed by atoms with E-state index >= 15 is 0 Å². The highest BCUT2D eigenvalue weighted by molar-refractivity contribution is 6.41. The zero-order valence-corrected chi connectivity index (χ0v) is 12.5. The lowest BCUT2D eigenvalue weighted by molar-refractivity contribution is 0.0112. The number of rotatable bonds is 6. The SMILES string of the molecule is CC(C)OCC(O)CNc1c(Cl)cc(Cl)cc1Cl. The Balaban J connectivity index is 2.53.